The maximum Gasteiger partial charge on any atom is 0.293 e. The molecule has 1 aromatic heterocycles. The monoisotopic (exact) mass is 253 g/mol. The minimum atomic E-state index is -1.09. The Kier molecular flexibility index (Phi) is 2.33. The Morgan fingerprint density at radius 3 is 2.61 bits per heavy atom. The second-order valence-electron chi connectivity index (χ2n) is 4.46. The molecule has 1 aromatic carbocycles. The third kappa shape index (κ3) is 1.41. The molecule has 1 N–H and O–H groups in total. The Labute approximate surface area is 101 Å². The van der Waals surface area contributed by atoms with Crippen LogP contribution in [0.5, 0.6) is 0 Å². The summed E-state index contributed by atoms with van der Waals surface area (Å²) >= 11 is 0. The summed E-state index contributed by atoms with van der Waals surface area (Å²) in [5.41, 5.74) is 0.846. The van der Waals surface area contributed by atoms with Crippen LogP contribution in [0.25, 0.3) is 11.0 Å². The molecule has 6 heteroatoms. The molecule has 0 amide bonds. The van der Waals surface area contributed by atoms with Crippen molar-refractivity contribution in [2.45, 2.75) is 25.7 Å². The third-order valence-corrected chi connectivity index (χ3v) is 3.38. The van der Waals surface area contributed by atoms with E-state index in [4.69, 9.17) is 0 Å². The zero-order chi connectivity index (χ0) is 12.9. The summed E-state index contributed by atoms with van der Waals surface area (Å²) in [6.07, 6.45) is 2.81. The lowest BCUT2D eigenvalue weighted by molar-refractivity contribution is -0.477. The van der Waals surface area contributed by atoms with E-state index in [9.17, 15) is 18.9 Å². The summed E-state index contributed by atoms with van der Waals surface area (Å²) < 4.78 is 27.8. The molecule has 4 nitrogen and oxygen atoms in total. The van der Waals surface area contributed by atoms with Gasteiger partial charge >= 0.3 is 0 Å². The second-order valence-corrected chi connectivity index (χ2v) is 4.46. The quantitative estimate of drug-likeness (QED) is 0.576. The molecule has 0 saturated heterocycles. The van der Waals surface area contributed by atoms with E-state index in [1.54, 1.807) is 0 Å². The Hall–Kier alpha value is -1.98. The van der Waals surface area contributed by atoms with Gasteiger partial charge in [-0.15, -0.1) is 0 Å². The Morgan fingerprint density at radius 1 is 1.17 bits per heavy atom. The smallest absolute Gasteiger partial charge is 0.293 e. The van der Waals surface area contributed by atoms with Gasteiger partial charge in [-0.1, -0.05) is 0 Å². The summed E-state index contributed by atoms with van der Waals surface area (Å²) in [5.74, 6) is -2.18. The van der Waals surface area contributed by atoms with Gasteiger partial charge < -0.3 is 5.21 Å². The van der Waals surface area contributed by atoms with Crippen molar-refractivity contribution < 1.29 is 18.4 Å². The minimum Gasteiger partial charge on any atom is -0.428 e. The highest BCUT2D eigenvalue weighted by atomic mass is 19.2. The molecule has 0 saturated carbocycles. The molecule has 94 valence electrons. The first kappa shape index (κ1) is 11.1. The van der Waals surface area contributed by atoms with E-state index in [0.29, 0.717) is 28.7 Å². The zero-order valence-electron chi connectivity index (χ0n) is 9.49. The lowest BCUT2D eigenvalue weighted by Gasteiger charge is -2.13. The van der Waals surface area contributed by atoms with Gasteiger partial charge in [0.15, 0.2) is 17.2 Å². The van der Waals surface area contributed by atoms with Gasteiger partial charge in [-0.2, -0.15) is 4.73 Å². The molecule has 0 bridgehead atoms. The lowest BCUT2D eigenvalue weighted by atomic mass is 10.00. The van der Waals surface area contributed by atoms with Crippen LogP contribution in [-0.2, 0) is 12.8 Å². The predicted octanol–water partition coefficient (Wildman–Crippen LogP) is 1.95. The van der Waals surface area contributed by atoms with Crippen LogP contribution in [-0.4, -0.2) is 9.94 Å². The van der Waals surface area contributed by atoms with Crippen molar-refractivity contribution in [2.75, 3.05) is 0 Å². The average molecular weight is 253 g/mol. The molecule has 1 aliphatic rings. The lowest BCUT2D eigenvalue weighted by Crippen LogP contribution is -2.30. The highest BCUT2D eigenvalue weighted by Gasteiger charge is 2.28. The normalized spacial score (nSPS) is 14.8. The van der Waals surface area contributed by atoms with Crippen LogP contribution in [0.2, 0.25) is 0 Å². The first-order chi connectivity index (χ1) is 8.59. The van der Waals surface area contributed by atoms with Crippen LogP contribution >= 0.6 is 0 Å². The van der Waals surface area contributed by atoms with Gasteiger partial charge in [-0.05, 0) is 19.3 Å². The number of halogens is 2. The van der Waals surface area contributed by atoms with Crippen LogP contribution in [0.4, 0.5) is 8.78 Å². The summed E-state index contributed by atoms with van der Waals surface area (Å²) in [4.78, 5) is 12.1. The topological polar surface area (TPSA) is 48.1 Å². The number of hydrogen-bond acceptors (Lipinski definition) is 2. The van der Waals surface area contributed by atoms with Gasteiger partial charge in [-0.3, -0.25) is 0 Å². The van der Waals surface area contributed by atoms with Crippen molar-refractivity contribution in [2.24, 2.45) is 0 Å². The summed E-state index contributed by atoms with van der Waals surface area (Å²) in [5, 5.41) is 10.0. The van der Waals surface area contributed by atoms with E-state index < -0.39 is 11.6 Å². The number of rotatable bonds is 0. The van der Waals surface area contributed by atoms with E-state index in [0.717, 1.165) is 29.7 Å². The highest BCUT2D eigenvalue weighted by Crippen LogP contribution is 2.22. The molecule has 0 spiro atoms. The maximum atomic E-state index is 13.2. The van der Waals surface area contributed by atoms with Crippen LogP contribution in [0.15, 0.2) is 12.1 Å². The van der Waals surface area contributed by atoms with Gasteiger partial charge in [0, 0.05) is 17.4 Å². The fourth-order valence-electron chi connectivity index (χ4n) is 2.47. The number of nitrogens with zero attached hydrogens (tertiary/aromatic N) is 2. The molecule has 1 aliphatic carbocycles. The van der Waals surface area contributed by atoms with E-state index in [1.807, 2.05) is 0 Å². The van der Waals surface area contributed by atoms with Gasteiger partial charge in [0.2, 0.25) is 0 Å². The zero-order valence-corrected chi connectivity index (χ0v) is 9.49. The van der Waals surface area contributed by atoms with Crippen molar-refractivity contribution in [1.82, 2.24) is 4.73 Å². The first-order valence-corrected chi connectivity index (χ1v) is 5.77. The molecule has 0 unspecified atom stereocenters. The fraction of sp³-hybridized carbons (Fsp3) is 0.333. The van der Waals surface area contributed by atoms with Crippen molar-refractivity contribution in [3.8, 4) is 0 Å². The molecule has 3 rings (SSSR count). The predicted molar refractivity (Wildman–Crippen MR) is 59.0 cm³/mol. The number of hydrogen-bond donors (Lipinski definition) is 1. The number of benzene rings is 1. The van der Waals surface area contributed by atoms with Crippen molar-refractivity contribution in [3.05, 3.63) is 40.1 Å². The van der Waals surface area contributed by atoms with Crippen LogP contribution in [0.3, 0.4) is 0 Å². The summed E-state index contributed by atoms with van der Waals surface area (Å²) in [7, 11) is 0. The Morgan fingerprint density at radius 2 is 1.83 bits per heavy atom. The van der Waals surface area contributed by atoms with E-state index >= 15 is 0 Å². The maximum absolute atomic E-state index is 13.2. The van der Waals surface area contributed by atoms with Crippen LogP contribution in [0.1, 0.15) is 24.2 Å². The van der Waals surface area contributed by atoms with E-state index in [1.165, 1.54) is 0 Å². The number of aromatic nitrogens is 2. The third-order valence-electron chi connectivity index (χ3n) is 3.38. The Bertz CT molecular complexity index is 710. The van der Waals surface area contributed by atoms with Gasteiger partial charge in [-0.25, -0.2) is 8.78 Å². The van der Waals surface area contributed by atoms with Crippen LogP contribution < -0.4 is 4.43 Å². The van der Waals surface area contributed by atoms with Crippen molar-refractivity contribution in [1.29, 1.82) is 0 Å². The molecule has 2 aromatic rings. The largest absolute Gasteiger partial charge is 0.428 e. The summed E-state index contributed by atoms with van der Waals surface area (Å²) in [6, 6.07) is 1.66. The van der Waals surface area contributed by atoms with Gasteiger partial charge in [0.05, 0.1) is 10.5 Å². The molecular formula is C12H11F2N2O2+. The SMILES string of the molecule is O=[n+]1c2c(n(O)c3cc(F)c(F)cc31)CCCC2. The van der Waals surface area contributed by atoms with E-state index in [2.05, 4.69) is 0 Å². The number of fused-ring (bicyclic) bond motifs is 2. The fourth-order valence-corrected chi connectivity index (χ4v) is 2.47. The van der Waals surface area contributed by atoms with Crippen molar-refractivity contribution >= 4 is 11.0 Å². The van der Waals surface area contributed by atoms with Gasteiger partial charge in [0.25, 0.3) is 11.2 Å². The minimum absolute atomic E-state index is 0.00968. The van der Waals surface area contributed by atoms with Gasteiger partial charge in [0.1, 0.15) is 5.69 Å². The Balaban J connectivity index is 2.48. The van der Waals surface area contributed by atoms with Crippen molar-refractivity contribution in [3.63, 3.8) is 0 Å². The molecule has 0 radical (unpaired) electrons. The molecule has 1 heterocycles. The molecule has 0 atom stereocenters. The molecule has 0 aliphatic heterocycles. The highest BCUT2D eigenvalue weighted by molar-refractivity contribution is 5.71. The molecular weight excluding hydrogens is 242 g/mol. The molecule has 18 heavy (non-hydrogen) atoms. The summed E-state index contributed by atoms with van der Waals surface area (Å²) in [6.45, 7) is 0. The standard InChI is InChI=1S/C12H11F2N2O2/c13-7-5-11-12(6-8(7)14)16(18)10-4-2-1-3-9(10)15(11)17/h5-6,17H,1-4H2/q+1. The average Bonchev–Trinajstić information content (AvgIpc) is 2.38. The molecule has 0 fully saturated rings. The van der Waals surface area contributed by atoms with Crippen LogP contribution in [0, 0.1) is 16.5 Å². The second kappa shape index (κ2) is 3.76. The first-order valence-electron chi connectivity index (χ1n) is 5.77. The van der Waals surface area contributed by atoms with E-state index in [-0.39, 0.29) is 11.0 Å².